The summed E-state index contributed by atoms with van der Waals surface area (Å²) in [5.41, 5.74) is 0.672. The van der Waals surface area contributed by atoms with Crippen molar-refractivity contribution in [2.75, 3.05) is 0 Å². The first-order valence-corrected chi connectivity index (χ1v) is 3.48. The summed E-state index contributed by atoms with van der Waals surface area (Å²) in [6.07, 6.45) is 6.11. The standard InChI is InChI=1S/C6H6BrNO/c7-6-2-1-5(4-9)3-8-6/h1-4,6,8H/t6-/m1/s1. The molecule has 1 heterocycles. The highest BCUT2D eigenvalue weighted by atomic mass is 79.9. The molecular weight excluding hydrogens is 182 g/mol. The molecule has 2 nitrogen and oxygen atoms in total. The Hall–Kier alpha value is -0.570. The molecule has 9 heavy (non-hydrogen) atoms. The average Bonchev–Trinajstić information content (AvgIpc) is 1.90. The van der Waals surface area contributed by atoms with Crippen LogP contribution >= 0.6 is 15.9 Å². The van der Waals surface area contributed by atoms with E-state index in [1.807, 2.05) is 6.08 Å². The zero-order valence-corrected chi connectivity index (χ0v) is 6.26. The highest BCUT2D eigenvalue weighted by Crippen LogP contribution is 2.05. The summed E-state index contributed by atoms with van der Waals surface area (Å²) in [6.45, 7) is 0. The second-order valence-electron chi connectivity index (χ2n) is 1.69. The Kier molecular flexibility index (Phi) is 2.05. The van der Waals surface area contributed by atoms with Crippen molar-refractivity contribution in [3.63, 3.8) is 0 Å². The summed E-state index contributed by atoms with van der Waals surface area (Å²) in [4.78, 5) is 10.3. The normalized spacial score (nSPS) is 24.6. The molecule has 1 rings (SSSR count). The molecule has 1 aliphatic heterocycles. The van der Waals surface area contributed by atoms with Gasteiger partial charge in [0.2, 0.25) is 0 Å². The van der Waals surface area contributed by atoms with Gasteiger partial charge >= 0.3 is 0 Å². The van der Waals surface area contributed by atoms with Crippen molar-refractivity contribution in [1.29, 1.82) is 0 Å². The van der Waals surface area contributed by atoms with Gasteiger partial charge in [-0.3, -0.25) is 4.79 Å². The number of hydrogen-bond acceptors (Lipinski definition) is 2. The van der Waals surface area contributed by atoms with Crippen molar-refractivity contribution in [1.82, 2.24) is 5.32 Å². The molecule has 3 heteroatoms. The third kappa shape index (κ3) is 1.68. The van der Waals surface area contributed by atoms with Crippen molar-refractivity contribution >= 4 is 22.2 Å². The van der Waals surface area contributed by atoms with Crippen molar-refractivity contribution in [2.45, 2.75) is 4.95 Å². The van der Waals surface area contributed by atoms with Gasteiger partial charge in [-0.05, 0) is 0 Å². The summed E-state index contributed by atoms with van der Waals surface area (Å²) in [5.74, 6) is 0. The Balaban J connectivity index is 2.62. The molecular formula is C6H6BrNO. The molecule has 0 amide bonds. The quantitative estimate of drug-likeness (QED) is 0.377. The lowest BCUT2D eigenvalue weighted by molar-refractivity contribution is -0.104. The zero-order chi connectivity index (χ0) is 6.69. The van der Waals surface area contributed by atoms with Crippen LogP contribution in [0.2, 0.25) is 0 Å². The highest BCUT2D eigenvalue weighted by molar-refractivity contribution is 9.09. The predicted octanol–water partition coefficient (Wildman–Crippen LogP) is 0.950. The Morgan fingerprint density at radius 3 is 3.00 bits per heavy atom. The molecule has 0 fully saturated rings. The van der Waals surface area contributed by atoms with Gasteiger partial charge in [-0.25, -0.2) is 0 Å². The van der Waals surface area contributed by atoms with Gasteiger partial charge in [-0.1, -0.05) is 28.1 Å². The van der Waals surface area contributed by atoms with E-state index in [0.29, 0.717) is 5.57 Å². The predicted molar refractivity (Wildman–Crippen MR) is 39.1 cm³/mol. The van der Waals surface area contributed by atoms with Gasteiger partial charge in [-0.15, -0.1) is 0 Å². The first kappa shape index (κ1) is 6.55. The molecule has 0 spiro atoms. The van der Waals surface area contributed by atoms with E-state index in [9.17, 15) is 4.79 Å². The van der Waals surface area contributed by atoms with Crippen LogP contribution in [0.5, 0.6) is 0 Å². The molecule has 48 valence electrons. The van der Waals surface area contributed by atoms with Crippen LogP contribution in [0, 0.1) is 0 Å². The van der Waals surface area contributed by atoms with Crippen molar-refractivity contribution < 1.29 is 4.79 Å². The maximum atomic E-state index is 10.1. The second-order valence-corrected chi connectivity index (χ2v) is 2.68. The molecule has 0 aromatic rings. The molecule has 0 saturated heterocycles. The second kappa shape index (κ2) is 2.82. The summed E-state index contributed by atoms with van der Waals surface area (Å²) in [5, 5.41) is 2.92. The summed E-state index contributed by atoms with van der Waals surface area (Å²) in [6, 6.07) is 0. The van der Waals surface area contributed by atoms with Crippen LogP contribution in [0.4, 0.5) is 0 Å². The van der Waals surface area contributed by atoms with Crippen LogP contribution in [-0.4, -0.2) is 11.2 Å². The zero-order valence-electron chi connectivity index (χ0n) is 4.67. The van der Waals surface area contributed by atoms with Gasteiger partial charge in [0.1, 0.15) is 4.95 Å². The number of rotatable bonds is 1. The number of carbonyl (C=O) groups is 1. The van der Waals surface area contributed by atoms with Crippen LogP contribution in [0.1, 0.15) is 0 Å². The van der Waals surface area contributed by atoms with Crippen LogP contribution in [0.3, 0.4) is 0 Å². The summed E-state index contributed by atoms with van der Waals surface area (Å²) >= 11 is 3.29. The Labute approximate surface area is 61.8 Å². The first-order chi connectivity index (χ1) is 4.33. The van der Waals surface area contributed by atoms with Gasteiger partial charge in [0.05, 0.1) is 0 Å². The highest BCUT2D eigenvalue weighted by Gasteiger charge is 2.00. The van der Waals surface area contributed by atoms with Crippen molar-refractivity contribution in [3.8, 4) is 0 Å². The van der Waals surface area contributed by atoms with Gasteiger partial charge in [-0.2, -0.15) is 0 Å². The number of aldehydes is 1. The number of halogens is 1. The van der Waals surface area contributed by atoms with E-state index in [4.69, 9.17) is 0 Å². The van der Waals surface area contributed by atoms with E-state index < -0.39 is 0 Å². The molecule has 0 saturated carbocycles. The maximum absolute atomic E-state index is 10.1. The molecule has 1 N–H and O–H groups in total. The number of allylic oxidation sites excluding steroid dienone is 2. The Bertz CT molecular complexity index is 174. The van der Waals surface area contributed by atoms with Crippen LogP contribution in [-0.2, 0) is 4.79 Å². The van der Waals surface area contributed by atoms with Crippen LogP contribution in [0.15, 0.2) is 23.9 Å². The summed E-state index contributed by atoms with van der Waals surface area (Å²) < 4.78 is 0. The molecule has 0 aromatic heterocycles. The fourth-order valence-corrected chi connectivity index (χ4v) is 0.833. The van der Waals surface area contributed by atoms with Crippen LogP contribution in [0.25, 0.3) is 0 Å². The SMILES string of the molecule is O=CC1=CN[C@@H](Br)C=C1. The number of carbonyl (C=O) groups excluding carboxylic acids is 1. The van der Waals surface area contributed by atoms with E-state index in [1.165, 1.54) is 0 Å². The molecule has 1 aliphatic rings. The van der Waals surface area contributed by atoms with E-state index in [2.05, 4.69) is 21.2 Å². The minimum atomic E-state index is 0.168. The van der Waals surface area contributed by atoms with Crippen molar-refractivity contribution in [3.05, 3.63) is 23.9 Å². The lowest BCUT2D eigenvalue weighted by Gasteiger charge is -2.08. The van der Waals surface area contributed by atoms with Crippen LogP contribution < -0.4 is 5.32 Å². The van der Waals surface area contributed by atoms with E-state index in [1.54, 1.807) is 12.3 Å². The minimum Gasteiger partial charge on any atom is -0.375 e. The van der Waals surface area contributed by atoms with Crippen molar-refractivity contribution in [2.24, 2.45) is 0 Å². The van der Waals surface area contributed by atoms with Gasteiger partial charge in [0, 0.05) is 11.8 Å². The Morgan fingerprint density at radius 2 is 2.56 bits per heavy atom. The lowest BCUT2D eigenvalue weighted by atomic mass is 10.2. The first-order valence-electron chi connectivity index (χ1n) is 2.56. The van der Waals surface area contributed by atoms with Gasteiger partial charge < -0.3 is 5.32 Å². The number of hydrogen-bond donors (Lipinski definition) is 1. The monoisotopic (exact) mass is 187 g/mol. The molecule has 0 unspecified atom stereocenters. The fourth-order valence-electron chi connectivity index (χ4n) is 0.548. The fraction of sp³-hybridized carbons (Fsp3) is 0.167. The number of nitrogens with one attached hydrogen (secondary N) is 1. The summed E-state index contributed by atoms with van der Waals surface area (Å²) in [7, 11) is 0. The van der Waals surface area contributed by atoms with E-state index in [-0.39, 0.29) is 4.95 Å². The molecule has 0 aromatic carbocycles. The van der Waals surface area contributed by atoms with E-state index in [0.717, 1.165) is 6.29 Å². The smallest absolute Gasteiger partial charge is 0.151 e. The minimum absolute atomic E-state index is 0.168. The topological polar surface area (TPSA) is 29.1 Å². The number of alkyl halides is 1. The average molecular weight is 188 g/mol. The van der Waals surface area contributed by atoms with E-state index >= 15 is 0 Å². The van der Waals surface area contributed by atoms with Gasteiger partial charge in [0.25, 0.3) is 0 Å². The molecule has 0 radical (unpaired) electrons. The third-order valence-corrected chi connectivity index (χ3v) is 1.57. The molecule has 1 atom stereocenters. The maximum Gasteiger partial charge on any atom is 0.151 e. The number of dihydropyridines is 1. The molecule has 0 bridgehead atoms. The third-order valence-electron chi connectivity index (χ3n) is 1.00. The molecule has 0 aliphatic carbocycles. The van der Waals surface area contributed by atoms with Gasteiger partial charge in [0.15, 0.2) is 6.29 Å². The Morgan fingerprint density at radius 1 is 1.78 bits per heavy atom. The lowest BCUT2D eigenvalue weighted by Crippen LogP contribution is -2.17. The largest absolute Gasteiger partial charge is 0.375 e.